The summed E-state index contributed by atoms with van der Waals surface area (Å²) in [6.45, 7) is 0.288. The number of benzene rings is 2. The number of ether oxygens (including phenoxy) is 1. The van der Waals surface area contributed by atoms with Gasteiger partial charge in [-0.1, -0.05) is 48.5 Å². The monoisotopic (exact) mass is 290 g/mol. The van der Waals surface area contributed by atoms with Gasteiger partial charge in [-0.05, 0) is 22.3 Å². The zero-order valence-electron chi connectivity index (χ0n) is 10.8. The minimum Gasteiger partial charge on any atom is -0.453 e. The van der Waals surface area contributed by atoms with Crippen LogP contribution in [0.3, 0.4) is 0 Å². The average molecular weight is 291 g/mol. The molecule has 2 aromatic rings. The Morgan fingerprint density at radius 3 is 1.90 bits per heavy atom. The second-order valence-corrected chi connectivity index (χ2v) is 4.58. The van der Waals surface area contributed by atoms with Crippen molar-refractivity contribution in [1.29, 1.82) is 0 Å². The standard InChI is InChI=1S/C15H11ClO2.H4N2/c16-15(17)18-9-14-12-7-3-1-5-10(12)11-6-2-4-8-13(11)14;1-2/h1-8,14H,9H2;1-2H2. The first kappa shape index (κ1) is 14.5. The minimum absolute atomic E-state index is 0.0834. The number of fused-ring (bicyclic) bond motifs is 3. The van der Waals surface area contributed by atoms with Gasteiger partial charge in [-0.2, -0.15) is 0 Å². The van der Waals surface area contributed by atoms with Crippen LogP contribution in [0.1, 0.15) is 17.0 Å². The van der Waals surface area contributed by atoms with E-state index >= 15 is 0 Å². The van der Waals surface area contributed by atoms with Crippen molar-refractivity contribution in [3.05, 3.63) is 59.7 Å². The van der Waals surface area contributed by atoms with Crippen LogP contribution in [0.5, 0.6) is 0 Å². The predicted molar refractivity (Wildman–Crippen MR) is 79.3 cm³/mol. The molecule has 1 aliphatic rings. The molecule has 0 radical (unpaired) electrons. The molecule has 5 heteroatoms. The lowest BCUT2D eigenvalue weighted by Crippen LogP contribution is -2.07. The SMILES string of the molecule is NN.O=C(Cl)OCC1c2ccccc2-c2ccccc21. The summed E-state index contributed by atoms with van der Waals surface area (Å²) < 4.78 is 4.97. The minimum atomic E-state index is -0.753. The molecule has 0 saturated heterocycles. The van der Waals surface area contributed by atoms with Crippen molar-refractivity contribution in [1.82, 2.24) is 0 Å². The highest BCUT2D eigenvalue weighted by Crippen LogP contribution is 2.44. The van der Waals surface area contributed by atoms with Gasteiger partial charge in [0.05, 0.1) is 0 Å². The van der Waals surface area contributed by atoms with Gasteiger partial charge in [-0.25, -0.2) is 4.79 Å². The number of hydrazine groups is 1. The van der Waals surface area contributed by atoms with E-state index in [2.05, 4.69) is 36.0 Å². The third kappa shape index (κ3) is 2.67. The largest absolute Gasteiger partial charge is 0.453 e. The molecule has 2 aromatic carbocycles. The molecule has 0 aliphatic heterocycles. The molecule has 0 spiro atoms. The number of hydrogen-bond acceptors (Lipinski definition) is 4. The normalized spacial score (nSPS) is 11.9. The lowest BCUT2D eigenvalue weighted by Gasteiger charge is -2.12. The van der Waals surface area contributed by atoms with Crippen LogP contribution in [-0.4, -0.2) is 12.0 Å². The molecule has 0 unspecified atom stereocenters. The Kier molecular flexibility index (Phi) is 4.74. The smallest absolute Gasteiger partial charge is 0.403 e. The van der Waals surface area contributed by atoms with E-state index in [1.165, 1.54) is 22.3 Å². The first-order valence-corrected chi connectivity index (χ1v) is 6.49. The van der Waals surface area contributed by atoms with Gasteiger partial charge >= 0.3 is 5.43 Å². The zero-order valence-corrected chi connectivity index (χ0v) is 11.5. The Bertz CT molecular complexity index is 571. The molecular formula is C15H15ClN2O2. The Balaban J connectivity index is 0.000000704. The Morgan fingerprint density at radius 1 is 1.00 bits per heavy atom. The fraction of sp³-hybridized carbons (Fsp3) is 0.133. The second kappa shape index (κ2) is 6.52. The highest BCUT2D eigenvalue weighted by atomic mass is 35.5. The summed E-state index contributed by atoms with van der Waals surface area (Å²) in [7, 11) is 0. The topological polar surface area (TPSA) is 78.3 Å². The Morgan fingerprint density at radius 2 is 1.45 bits per heavy atom. The van der Waals surface area contributed by atoms with E-state index < -0.39 is 5.43 Å². The summed E-state index contributed by atoms with van der Waals surface area (Å²) in [5, 5.41) is 0. The highest BCUT2D eigenvalue weighted by Gasteiger charge is 2.28. The van der Waals surface area contributed by atoms with Crippen molar-refractivity contribution < 1.29 is 9.53 Å². The van der Waals surface area contributed by atoms with Crippen LogP contribution in [-0.2, 0) is 4.74 Å². The van der Waals surface area contributed by atoms with E-state index in [-0.39, 0.29) is 12.5 Å². The third-order valence-corrected chi connectivity index (χ3v) is 3.44. The van der Waals surface area contributed by atoms with E-state index in [0.29, 0.717) is 0 Å². The van der Waals surface area contributed by atoms with Gasteiger partial charge in [-0.15, -0.1) is 0 Å². The summed E-state index contributed by atoms with van der Waals surface area (Å²) >= 11 is 5.25. The van der Waals surface area contributed by atoms with Crippen LogP contribution in [0.2, 0.25) is 0 Å². The molecular weight excluding hydrogens is 276 g/mol. The maximum absolute atomic E-state index is 10.8. The van der Waals surface area contributed by atoms with Crippen molar-refractivity contribution in [2.75, 3.05) is 6.61 Å². The molecule has 4 nitrogen and oxygen atoms in total. The average Bonchev–Trinajstić information content (AvgIpc) is 2.81. The lowest BCUT2D eigenvalue weighted by molar-refractivity contribution is 0.170. The molecule has 1 aliphatic carbocycles. The van der Waals surface area contributed by atoms with Gasteiger partial charge in [0, 0.05) is 17.5 Å². The number of nitrogens with two attached hydrogens (primary N) is 2. The van der Waals surface area contributed by atoms with Crippen LogP contribution in [0.4, 0.5) is 4.79 Å². The van der Waals surface area contributed by atoms with E-state index in [4.69, 9.17) is 16.3 Å². The molecule has 0 heterocycles. The molecule has 3 rings (SSSR count). The van der Waals surface area contributed by atoms with E-state index in [1.807, 2.05) is 24.3 Å². The first-order chi connectivity index (χ1) is 9.77. The number of carbonyl (C=O) groups excluding carboxylic acids is 1. The summed E-state index contributed by atoms with van der Waals surface area (Å²) in [6.07, 6.45) is 0. The van der Waals surface area contributed by atoms with Gasteiger partial charge in [-0.3, -0.25) is 11.7 Å². The molecule has 0 aromatic heterocycles. The molecule has 4 N–H and O–H groups in total. The zero-order chi connectivity index (χ0) is 14.5. The molecule has 0 saturated carbocycles. The fourth-order valence-corrected chi connectivity index (χ4v) is 2.65. The highest BCUT2D eigenvalue weighted by molar-refractivity contribution is 6.61. The Hall–Kier alpha value is -1.88. The van der Waals surface area contributed by atoms with Crippen LogP contribution >= 0.6 is 11.6 Å². The summed E-state index contributed by atoms with van der Waals surface area (Å²) in [4.78, 5) is 10.8. The van der Waals surface area contributed by atoms with Crippen molar-refractivity contribution >= 4 is 17.0 Å². The van der Waals surface area contributed by atoms with Crippen LogP contribution in [0.15, 0.2) is 48.5 Å². The van der Waals surface area contributed by atoms with Gasteiger partial charge in [0.2, 0.25) is 0 Å². The predicted octanol–water partition coefficient (Wildman–Crippen LogP) is 2.99. The maximum Gasteiger partial charge on any atom is 0.403 e. The number of halogens is 1. The van der Waals surface area contributed by atoms with Gasteiger partial charge in [0.25, 0.3) is 0 Å². The van der Waals surface area contributed by atoms with Crippen molar-refractivity contribution in [2.24, 2.45) is 11.7 Å². The fourth-order valence-electron chi connectivity index (χ4n) is 2.59. The Labute approximate surface area is 122 Å². The van der Waals surface area contributed by atoms with Crippen LogP contribution < -0.4 is 11.7 Å². The summed E-state index contributed by atoms with van der Waals surface area (Å²) in [5.74, 6) is 8.08. The van der Waals surface area contributed by atoms with Gasteiger partial charge < -0.3 is 4.74 Å². The van der Waals surface area contributed by atoms with Crippen LogP contribution in [0, 0.1) is 0 Å². The van der Waals surface area contributed by atoms with E-state index in [0.717, 1.165) is 0 Å². The molecule has 104 valence electrons. The summed E-state index contributed by atoms with van der Waals surface area (Å²) in [6, 6.07) is 16.4. The van der Waals surface area contributed by atoms with E-state index in [9.17, 15) is 4.79 Å². The molecule has 0 atom stereocenters. The van der Waals surface area contributed by atoms with E-state index in [1.54, 1.807) is 0 Å². The second-order valence-electron chi connectivity index (χ2n) is 4.28. The maximum atomic E-state index is 10.8. The van der Waals surface area contributed by atoms with Crippen molar-refractivity contribution in [3.63, 3.8) is 0 Å². The number of rotatable bonds is 2. The molecule has 20 heavy (non-hydrogen) atoms. The van der Waals surface area contributed by atoms with Crippen LogP contribution in [0.25, 0.3) is 11.1 Å². The van der Waals surface area contributed by atoms with Crippen molar-refractivity contribution in [2.45, 2.75) is 5.92 Å². The molecule has 0 bridgehead atoms. The molecule has 0 fully saturated rings. The van der Waals surface area contributed by atoms with Gasteiger partial charge in [0.1, 0.15) is 6.61 Å². The molecule has 0 amide bonds. The first-order valence-electron chi connectivity index (χ1n) is 6.11. The number of hydrogen-bond donors (Lipinski definition) is 2. The van der Waals surface area contributed by atoms with Gasteiger partial charge in [0.15, 0.2) is 0 Å². The third-order valence-electron chi connectivity index (χ3n) is 3.33. The lowest BCUT2D eigenvalue weighted by atomic mass is 9.98. The van der Waals surface area contributed by atoms with Crippen molar-refractivity contribution in [3.8, 4) is 11.1 Å². The number of carbonyl (C=O) groups is 1. The summed E-state index contributed by atoms with van der Waals surface area (Å²) in [5.41, 5.74) is 4.05. The quantitative estimate of drug-likeness (QED) is 0.506.